The SMILES string of the molecule is CC1=C([n+]2ccccc2)CC2C(=O)N(c3ccccc3)C(=O)C2C1.[Br-]. The number of imide groups is 1. The lowest BCUT2D eigenvalue weighted by Crippen LogP contribution is -3.00. The van der Waals surface area contributed by atoms with Gasteiger partial charge in [-0.3, -0.25) is 14.5 Å². The molecule has 1 saturated heterocycles. The number of halogens is 1. The Morgan fingerprint density at radius 2 is 1.44 bits per heavy atom. The van der Waals surface area contributed by atoms with Crippen molar-refractivity contribution in [3.05, 3.63) is 66.5 Å². The van der Waals surface area contributed by atoms with Crippen molar-refractivity contribution in [2.24, 2.45) is 11.8 Å². The Labute approximate surface area is 157 Å². The molecule has 0 bridgehead atoms. The molecule has 1 aliphatic carbocycles. The van der Waals surface area contributed by atoms with Gasteiger partial charge in [0, 0.05) is 18.6 Å². The highest BCUT2D eigenvalue weighted by Crippen LogP contribution is 2.42. The van der Waals surface area contributed by atoms with E-state index in [1.54, 1.807) is 0 Å². The average Bonchev–Trinajstić information content (AvgIpc) is 2.86. The monoisotopic (exact) mass is 398 g/mol. The maximum absolute atomic E-state index is 12.9. The Hall–Kier alpha value is -2.27. The third kappa shape index (κ3) is 2.93. The van der Waals surface area contributed by atoms with E-state index in [1.165, 1.54) is 10.5 Å². The van der Waals surface area contributed by atoms with Crippen molar-refractivity contribution in [3.63, 3.8) is 0 Å². The van der Waals surface area contributed by atoms with Crippen LogP contribution in [0.4, 0.5) is 5.69 Å². The van der Waals surface area contributed by atoms with Crippen molar-refractivity contribution >= 4 is 23.2 Å². The van der Waals surface area contributed by atoms with Gasteiger partial charge in [-0.05, 0) is 31.1 Å². The normalized spacial score (nSPS) is 22.7. The summed E-state index contributed by atoms with van der Waals surface area (Å²) in [4.78, 5) is 27.1. The molecule has 2 aromatic rings. The van der Waals surface area contributed by atoms with E-state index in [0.717, 1.165) is 5.70 Å². The van der Waals surface area contributed by atoms with E-state index in [0.29, 0.717) is 18.5 Å². The standard InChI is InChI=1S/C20H19N2O2.BrH/c1-14-12-16-17(13-18(14)21-10-6-3-7-11-21)20(24)22(19(16)23)15-8-4-2-5-9-15;/h2-11,16-17H,12-13H2,1H3;1H/q+1;/p-1. The van der Waals surface area contributed by atoms with Crippen LogP contribution in [-0.4, -0.2) is 11.8 Å². The Morgan fingerprint density at radius 1 is 0.880 bits per heavy atom. The predicted molar refractivity (Wildman–Crippen MR) is 90.7 cm³/mol. The van der Waals surface area contributed by atoms with Crippen LogP contribution >= 0.6 is 0 Å². The first-order chi connectivity index (χ1) is 11.7. The number of rotatable bonds is 2. The Balaban J connectivity index is 0.00000182. The summed E-state index contributed by atoms with van der Waals surface area (Å²) in [7, 11) is 0. The topological polar surface area (TPSA) is 41.3 Å². The molecule has 4 nitrogen and oxygen atoms in total. The highest BCUT2D eigenvalue weighted by Gasteiger charge is 2.51. The van der Waals surface area contributed by atoms with Gasteiger partial charge in [-0.1, -0.05) is 24.3 Å². The number of para-hydroxylation sites is 1. The molecule has 0 saturated carbocycles. The minimum atomic E-state index is -0.260. The number of anilines is 1. The summed E-state index contributed by atoms with van der Waals surface area (Å²) in [6.45, 7) is 2.06. The number of carbonyl (C=O) groups is 2. The zero-order chi connectivity index (χ0) is 16.7. The van der Waals surface area contributed by atoms with Gasteiger partial charge in [0.05, 0.1) is 17.5 Å². The minimum Gasteiger partial charge on any atom is -1.00 e. The molecular weight excluding hydrogens is 380 g/mol. The van der Waals surface area contributed by atoms with Gasteiger partial charge >= 0.3 is 0 Å². The number of benzene rings is 1. The van der Waals surface area contributed by atoms with Crippen molar-refractivity contribution in [2.75, 3.05) is 4.90 Å². The molecule has 4 rings (SSSR count). The molecule has 0 spiro atoms. The summed E-state index contributed by atoms with van der Waals surface area (Å²) >= 11 is 0. The number of pyridine rings is 1. The highest BCUT2D eigenvalue weighted by atomic mass is 79.9. The predicted octanol–water partition coefficient (Wildman–Crippen LogP) is -0.191. The lowest BCUT2D eigenvalue weighted by molar-refractivity contribution is -0.585. The van der Waals surface area contributed by atoms with E-state index in [1.807, 2.05) is 60.9 Å². The van der Waals surface area contributed by atoms with E-state index in [4.69, 9.17) is 0 Å². The molecule has 5 heteroatoms. The number of hydrogen-bond donors (Lipinski definition) is 0. The Morgan fingerprint density at radius 3 is 2.08 bits per heavy atom. The van der Waals surface area contributed by atoms with Crippen LogP contribution in [-0.2, 0) is 9.59 Å². The molecule has 1 aromatic carbocycles. The number of hydrogen-bond acceptors (Lipinski definition) is 2. The van der Waals surface area contributed by atoms with Gasteiger partial charge < -0.3 is 17.0 Å². The smallest absolute Gasteiger partial charge is 0.238 e. The van der Waals surface area contributed by atoms with Crippen LogP contribution in [0.15, 0.2) is 66.5 Å². The van der Waals surface area contributed by atoms with Crippen LogP contribution in [0.3, 0.4) is 0 Å². The number of amides is 2. The van der Waals surface area contributed by atoms with Crippen molar-refractivity contribution in [1.82, 2.24) is 0 Å². The molecule has 0 N–H and O–H groups in total. The second kappa shape index (κ2) is 6.92. The molecule has 1 aliphatic heterocycles. The summed E-state index contributed by atoms with van der Waals surface area (Å²) in [6, 6.07) is 15.2. The first-order valence-corrected chi connectivity index (χ1v) is 8.25. The van der Waals surface area contributed by atoms with E-state index < -0.39 is 0 Å². The molecule has 2 aliphatic rings. The molecule has 2 heterocycles. The Kier molecular flexibility index (Phi) is 4.86. The van der Waals surface area contributed by atoms with Gasteiger partial charge in [0.15, 0.2) is 18.1 Å². The Bertz CT molecular complexity index is 833. The van der Waals surface area contributed by atoms with Gasteiger partial charge in [-0.15, -0.1) is 0 Å². The van der Waals surface area contributed by atoms with Gasteiger partial charge in [0.25, 0.3) is 0 Å². The average molecular weight is 399 g/mol. The van der Waals surface area contributed by atoms with E-state index >= 15 is 0 Å². The van der Waals surface area contributed by atoms with Crippen LogP contribution in [0.25, 0.3) is 5.70 Å². The van der Waals surface area contributed by atoms with Crippen LogP contribution in [0.2, 0.25) is 0 Å². The van der Waals surface area contributed by atoms with E-state index in [9.17, 15) is 9.59 Å². The molecular formula is C20H19BrN2O2. The molecule has 2 atom stereocenters. The minimum absolute atomic E-state index is 0. The fourth-order valence-electron chi connectivity index (χ4n) is 3.81. The molecule has 0 radical (unpaired) electrons. The molecule has 25 heavy (non-hydrogen) atoms. The fourth-order valence-corrected chi connectivity index (χ4v) is 3.81. The fraction of sp³-hybridized carbons (Fsp3) is 0.250. The van der Waals surface area contributed by atoms with Crippen LogP contribution < -0.4 is 26.4 Å². The zero-order valence-electron chi connectivity index (χ0n) is 13.9. The second-order valence-electron chi connectivity index (χ2n) is 6.48. The molecule has 128 valence electrons. The van der Waals surface area contributed by atoms with Crippen molar-refractivity contribution in [2.45, 2.75) is 19.8 Å². The third-order valence-electron chi connectivity index (χ3n) is 5.03. The van der Waals surface area contributed by atoms with Gasteiger partial charge in [0.2, 0.25) is 11.8 Å². The summed E-state index contributed by atoms with van der Waals surface area (Å²) in [5.74, 6) is -0.625. The third-order valence-corrected chi connectivity index (χ3v) is 5.03. The first-order valence-electron chi connectivity index (χ1n) is 8.25. The van der Waals surface area contributed by atoms with Crippen molar-refractivity contribution < 1.29 is 31.1 Å². The lowest BCUT2D eigenvalue weighted by atomic mass is 9.80. The number of carbonyl (C=O) groups excluding carboxylic acids is 2. The summed E-state index contributed by atoms with van der Waals surface area (Å²) < 4.78 is 2.06. The van der Waals surface area contributed by atoms with Gasteiger partial charge in [-0.2, -0.15) is 4.57 Å². The summed E-state index contributed by atoms with van der Waals surface area (Å²) in [6.07, 6.45) is 5.25. The van der Waals surface area contributed by atoms with Crippen LogP contribution in [0, 0.1) is 11.8 Å². The molecule has 2 amide bonds. The second-order valence-corrected chi connectivity index (χ2v) is 6.48. The number of aromatic nitrogens is 1. The summed E-state index contributed by atoms with van der Waals surface area (Å²) in [5, 5.41) is 0. The molecule has 2 unspecified atom stereocenters. The van der Waals surface area contributed by atoms with E-state index in [2.05, 4.69) is 11.5 Å². The van der Waals surface area contributed by atoms with Crippen molar-refractivity contribution in [1.29, 1.82) is 0 Å². The highest BCUT2D eigenvalue weighted by molar-refractivity contribution is 6.22. The number of fused-ring (bicyclic) bond motifs is 1. The summed E-state index contributed by atoms with van der Waals surface area (Å²) in [5.41, 5.74) is 2.99. The van der Waals surface area contributed by atoms with Gasteiger partial charge in [-0.25, -0.2) is 0 Å². The first kappa shape index (κ1) is 17.5. The lowest BCUT2D eigenvalue weighted by Gasteiger charge is -2.21. The molecule has 1 fully saturated rings. The van der Waals surface area contributed by atoms with Crippen molar-refractivity contribution in [3.8, 4) is 0 Å². The number of nitrogens with zero attached hydrogens (tertiary/aromatic N) is 2. The van der Waals surface area contributed by atoms with E-state index in [-0.39, 0.29) is 40.6 Å². The van der Waals surface area contributed by atoms with Gasteiger partial charge in [0.1, 0.15) is 0 Å². The number of allylic oxidation sites excluding steroid dienone is 2. The van der Waals surface area contributed by atoms with Crippen LogP contribution in [0.5, 0.6) is 0 Å². The zero-order valence-corrected chi connectivity index (χ0v) is 15.5. The maximum atomic E-state index is 12.9. The molecule has 1 aromatic heterocycles. The van der Waals surface area contributed by atoms with Crippen LogP contribution in [0.1, 0.15) is 19.8 Å². The maximum Gasteiger partial charge on any atom is 0.238 e. The largest absolute Gasteiger partial charge is 1.00 e. The quantitative estimate of drug-likeness (QED) is 0.519.